The summed E-state index contributed by atoms with van der Waals surface area (Å²) in [5.41, 5.74) is 1.56. The van der Waals surface area contributed by atoms with Gasteiger partial charge < -0.3 is 4.74 Å². The Morgan fingerprint density at radius 2 is 2.15 bits per heavy atom. The van der Waals surface area contributed by atoms with E-state index in [0.29, 0.717) is 10.7 Å². The van der Waals surface area contributed by atoms with E-state index in [9.17, 15) is 4.79 Å². The van der Waals surface area contributed by atoms with Crippen LogP contribution in [0.4, 0.5) is 0 Å². The molecule has 0 radical (unpaired) electrons. The summed E-state index contributed by atoms with van der Waals surface area (Å²) in [7, 11) is 0. The molecule has 1 aromatic carbocycles. The van der Waals surface area contributed by atoms with Crippen LogP contribution >= 0.6 is 11.3 Å². The maximum absolute atomic E-state index is 11.9. The van der Waals surface area contributed by atoms with E-state index in [-0.39, 0.29) is 12.2 Å². The lowest BCUT2D eigenvalue weighted by Crippen LogP contribution is -2.16. The predicted octanol–water partition coefficient (Wildman–Crippen LogP) is 2.35. The van der Waals surface area contributed by atoms with Crippen molar-refractivity contribution < 1.29 is 4.74 Å². The van der Waals surface area contributed by atoms with E-state index in [1.807, 2.05) is 38.1 Å². The normalized spacial score (nSPS) is 10.9. The zero-order valence-corrected chi connectivity index (χ0v) is 12.0. The number of hydrogen-bond acceptors (Lipinski definition) is 5. The second-order valence-electron chi connectivity index (χ2n) is 4.51. The summed E-state index contributed by atoms with van der Waals surface area (Å²) in [4.78, 5) is 16.9. The Hall–Kier alpha value is -2.21. The standard InChI is InChI=1S/C14H13N3O2S/c1-9-4-3-5-12(6-9)19-8-11-7-13(18)17-14(15-11)20-10(2)16-17/h3-7H,8H2,1-2H3. The molecule has 0 saturated carbocycles. The molecule has 0 saturated heterocycles. The lowest BCUT2D eigenvalue weighted by Gasteiger charge is -2.06. The van der Waals surface area contributed by atoms with Crippen molar-refractivity contribution in [2.45, 2.75) is 20.5 Å². The Morgan fingerprint density at radius 1 is 1.30 bits per heavy atom. The van der Waals surface area contributed by atoms with Crippen molar-refractivity contribution in [3.63, 3.8) is 0 Å². The first-order valence-electron chi connectivity index (χ1n) is 6.18. The quantitative estimate of drug-likeness (QED) is 0.742. The topological polar surface area (TPSA) is 56.5 Å². The van der Waals surface area contributed by atoms with Crippen molar-refractivity contribution in [3.8, 4) is 5.75 Å². The van der Waals surface area contributed by atoms with E-state index in [4.69, 9.17) is 4.74 Å². The van der Waals surface area contributed by atoms with Crippen molar-refractivity contribution >= 4 is 16.3 Å². The average Bonchev–Trinajstić information content (AvgIpc) is 2.78. The third-order valence-corrected chi connectivity index (χ3v) is 3.60. The van der Waals surface area contributed by atoms with Crippen LogP contribution in [0.5, 0.6) is 5.75 Å². The van der Waals surface area contributed by atoms with Crippen LogP contribution in [0.15, 0.2) is 35.1 Å². The van der Waals surface area contributed by atoms with Gasteiger partial charge in [-0.3, -0.25) is 4.79 Å². The summed E-state index contributed by atoms with van der Waals surface area (Å²) in [5.74, 6) is 0.771. The number of ether oxygens (including phenoxy) is 1. The van der Waals surface area contributed by atoms with Crippen molar-refractivity contribution in [3.05, 3.63) is 57.0 Å². The summed E-state index contributed by atoms with van der Waals surface area (Å²) < 4.78 is 6.97. The third-order valence-electron chi connectivity index (χ3n) is 2.78. The molecule has 0 unspecified atom stereocenters. The number of rotatable bonds is 3. The Balaban J connectivity index is 1.86. The molecule has 102 valence electrons. The largest absolute Gasteiger partial charge is 0.487 e. The minimum Gasteiger partial charge on any atom is -0.487 e. The first-order valence-corrected chi connectivity index (χ1v) is 6.99. The van der Waals surface area contributed by atoms with Crippen LogP contribution in [-0.2, 0) is 6.61 Å². The summed E-state index contributed by atoms with van der Waals surface area (Å²) in [5, 5.41) is 4.91. The fourth-order valence-corrected chi connectivity index (χ4v) is 2.66. The fourth-order valence-electron chi connectivity index (χ4n) is 1.89. The smallest absolute Gasteiger partial charge is 0.275 e. The average molecular weight is 287 g/mol. The molecule has 0 fully saturated rings. The van der Waals surface area contributed by atoms with Gasteiger partial charge in [0, 0.05) is 6.07 Å². The van der Waals surface area contributed by atoms with Gasteiger partial charge in [0.2, 0.25) is 4.96 Å². The molecule has 0 N–H and O–H groups in total. The van der Waals surface area contributed by atoms with Crippen LogP contribution in [-0.4, -0.2) is 14.6 Å². The van der Waals surface area contributed by atoms with Crippen molar-refractivity contribution in [2.75, 3.05) is 0 Å². The van der Waals surface area contributed by atoms with Gasteiger partial charge in [0.15, 0.2) is 0 Å². The number of fused-ring (bicyclic) bond motifs is 1. The van der Waals surface area contributed by atoms with E-state index >= 15 is 0 Å². The maximum atomic E-state index is 11.9. The van der Waals surface area contributed by atoms with Gasteiger partial charge in [-0.1, -0.05) is 23.5 Å². The molecule has 0 amide bonds. The minimum atomic E-state index is -0.179. The van der Waals surface area contributed by atoms with E-state index in [1.165, 1.54) is 21.9 Å². The van der Waals surface area contributed by atoms with Crippen LogP contribution in [0.3, 0.4) is 0 Å². The minimum absolute atomic E-state index is 0.179. The SMILES string of the molecule is Cc1cccc(OCc2cc(=O)n3nc(C)sc3n2)c1. The molecular formula is C14H13N3O2S. The monoisotopic (exact) mass is 287 g/mol. The van der Waals surface area contributed by atoms with Gasteiger partial charge in [-0.25, -0.2) is 4.98 Å². The number of aryl methyl sites for hydroxylation is 2. The molecule has 0 bridgehead atoms. The van der Waals surface area contributed by atoms with E-state index in [1.54, 1.807) is 0 Å². The van der Waals surface area contributed by atoms with E-state index in [0.717, 1.165) is 16.3 Å². The zero-order chi connectivity index (χ0) is 14.1. The summed E-state index contributed by atoms with van der Waals surface area (Å²) in [6.45, 7) is 4.12. The van der Waals surface area contributed by atoms with Crippen molar-refractivity contribution in [2.24, 2.45) is 0 Å². The van der Waals surface area contributed by atoms with Gasteiger partial charge >= 0.3 is 0 Å². The Bertz CT molecular complexity index is 823. The van der Waals surface area contributed by atoms with Crippen molar-refractivity contribution in [1.82, 2.24) is 14.6 Å². The highest BCUT2D eigenvalue weighted by molar-refractivity contribution is 7.16. The molecule has 5 nitrogen and oxygen atoms in total. The Kier molecular flexibility index (Phi) is 3.23. The summed E-state index contributed by atoms with van der Waals surface area (Å²) in [6, 6.07) is 9.23. The molecule has 0 spiro atoms. The van der Waals surface area contributed by atoms with Gasteiger partial charge in [0.25, 0.3) is 5.56 Å². The highest BCUT2D eigenvalue weighted by Crippen LogP contribution is 2.14. The first-order chi connectivity index (χ1) is 9.61. The molecule has 3 rings (SSSR count). The third kappa shape index (κ3) is 2.55. The number of hydrogen-bond donors (Lipinski definition) is 0. The highest BCUT2D eigenvalue weighted by atomic mass is 32.1. The molecule has 3 aromatic rings. The molecule has 0 aliphatic carbocycles. The molecule has 2 heterocycles. The van der Waals surface area contributed by atoms with E-state index < -0.39 is 0 Å². The lowest BCUT2D eigenvalue weighted by atomic mass is 10.2. The van der Waals surface area contributed by atoms with Crippen LogP contribution in [0.25, 0.3) is 4.96 Å². The molecule has 6 heteroatoms. The highest BCUT2D eigenvalue weighted by Gasteiger charge is 2.07. The number of nitrogens with zero attached hydrogens (tertiary/aromatic N) is 3. The second-order valence-corrected chi connectivity index (χ2v) is 5.67. The van der Waals surface area contributed by atoms with Crippen LogP contribution in [0.1, 0.15) is 16.3 Å². The van der Waals surface area contributed by atoms with Crippen LogP contribution in [0, 0.1) is 13.8 Å². The Morgan fingerprint density at radius 3 is 2.95 bits per heavy atom. The van der Waals surface area contributed by atoms with Crippen molar-refractivity contribution in [1.29, 1.82) is 0 Å². The second kappa shape index (κ2) is 5.05. The van der Waals surface area contributed by atoms with E-state index in [2.05, 4.69) is 10.1 Å². The van der Waals surface area contributed by atoms with Crippen LogP contribution in [0.2, 0.25) is 0 Å². The molecular weight excluding hydrogens is 274 g/mol. The molecule has 0 aliphatic heterocycles. The van der Waals surface area contributed by atoms with Crippen LogP contribution < -0.4 is 10.3 Å². The molecule has 2 aromatic heterocycles. The number of benzene rings is 1. The molecule has 0 aliphatic rings. The molecule has 20 heavy (non-hydrogen) atoms. The predicted molar refractivity (Wildman–Crippen MR) is 77.4 cm³/mol. The lowest BCUT2D eigenvalue weighted by molar-refractivity contribution is 0.301. The van der Waals surface area contributed by atoms with Gasteiger partial charge in [-0.15, -0.1) is 0 Å². The van der Waals surface area contributed by atoms with Gasteiger partial charge in [0.1, 0.15) is 17.4 Å². The maximum Gasteiger partial charge on any atom is 0.275 e. The Labute approximate surface area is 119 Å². The van der Waals surface area contributed by atoms with Gasteiger partial charge in [0.05, 0.1) is 5.69 Å². The van der Waals surface area contributed by atoms with Gasteiger partial charge in [-0.05, 0) is 31.5 Å². The molecule has 0 atom stereocenters. The van der Waals surface area contributed by atoms with Gasteiger partial charge in [-0.2, -0.15) is 9.61 Å². The fraction of sp³-hybridized carbons (Fsp3) is 0.214. The summed E-state index contributed by atoms with van der Waals surface area (Å²) in [6.07, 6.45) is 0. The first kappa shape index (κ1) is 12.8. The summed E-state index contributed by atoms with van der Waals surface area (Å²) >= 11 is 1.39. The zero-order valence-electron chi connectivity index (χ0n) is 11.2. The number of aromatic nitrogens is 3.